The van der Waals surface area contributed by atoms with Crippen LogP contribution in [0.5, 0.6) is 17.2 Å². The minimum absolute atomic E-state index is 0.00436. The van der Waals surface area contributed by atoms with E-state index in [2.05, 4.69) is 0 Å². The van der Waals surface area contributed by atoms with Gasteiger partial charge in [0, 0.05) is 12.6 Å². The number of ether oxygens (including phenoxy) is 3. The first-order chi connectivity index (χ1) is 14.3. The van der Waals surface area contributed by atoms with Gasteiger partial charge in [-0.1, -0.05) is 6.07 Å². The molecule has 1 saturated heterocycles. The van der Waals surface area contributed by atoms with Gasteiger partial charge in [-0.15, -0.1) is 0 Å². The molecule has 158 valence electrons. The van der Waals surface area contributed by atoms with Crippen molar-refractivity contribution in [1.29, 1.82) is 0 Å². The van der Waals surface area contributed by atoms with Crippen LogP contribution < -0.4 is 14.2 Å². The third kappa shape index (κ3) is 3.56. The first-order valence-corrected chi connectivity index (χ1v) is 9.23. The smallest absolute Gasteiger partial charge is 0.295 e. The lowest BCUT2D eigenvalue weighted by Gasteiger charge is -2.22. The number of methoxy groups -OCH3 is 2. The van der Waals surface area contributed by atoms with Crippen molar-refractivity contribution < 1.29 is 33.3 Å². The summed E-state index contributed by atoms with van der Waals surface area (Å²) >= 11 is 0. The lowest BCUT2D eigenvalue weighted by atomic mass is 9.95. The Morgan fingerprint density at radius 2 is 1.73 bits per heavy atom. The second-order valence-electron chi connectivity index (χ2n) is 6.60. The number of rotatable bonds is 6. The van der Waals surface area contributed by atoms with Crippen LogP contribution in [-0.2, 0) is 9.59 Å². The monoisotopic (exact) mass is 415 g/mol. The first kappa shape index (κ1) is 21.2. The van der Waals surface area contributed by atoms with Crippen molar-refractivity contribution in [1.82, 2.24) is 4.90 Å². The number of hydrogen-bond donors (Lipinski definition) is 1. The van der Waals surface area contributed by atoms with Crippen molar-refractivity contribution in [2.24, 2.45) is 0 Å². The SMILES string of the molecule is CCOc1ccc(C2/C(=C(\O)c3ccc(OC)c(F)c3)C(=O)C(=O)N2C)cc1OC. The van der Waals surface area contributed by atoms with E-state index in [4.69, 9.17) is 14.2 Å². The summed E-state index contributed by atoms with van der Waals surface area (Å²) in [5, 5.41) is 10.8. The summed E-state index contributed by atoms with van der Waals surface area (Å²) in [4.78, 5) is 26.3. The van der Waals surface area contributed by atoms with Gasteiger partial charge in [-0.05, 0) is 42.8 Å². The molecule has 1 atom stereocenters. The molecule has 1 aliphatic rings. The van der Waals surface area contributed by atoms with E-state index in [0.717, 1.165) is 6.07 Å². The normalized spacial score (nSPS) is 17.9. The molecule has 0 spiro atoms. The van der Waals surface area contributed by atoms with Crippen LogP contribution in [0.1, 0.15) is 24.1 Å². The van der Waals surface area contributed by atoms with Crippen LogP contribution in [0.15, 0.2) is 42.0 Å². The minimum Gasteiger partial charge on any atom is -0.507 e. The van der Waals surface area contributed by atoms with Crippen LogP contribution in [0.25, 0.3) is 5.76 Å². The molecule has 1 aliphatic heterocycles. The number of Topliss-reactive ketones (excluding diaryl/α,β-unsaturated/α-hetero) is 1. The standard InChI is InChI=1S/C22H22FNO6/c1-5-30-16-9-6-12(11-17(16)29-4)19-18(21(26)22(27)24(19)2)20(25)13-7-8-15(28-3)14(23)10-13/h6-11,19,25H,5H2,1-4H3/b20-18+. The van der Waals surface area contributed by atoms with Crippen LogP contribution in [0.2, 0.25) is 0 Å². The number of aliphatic hydroxyl groups is 1. The molecule has 0 radical (unpaired) electrons. The van der Waals surface area contributed by atoms with Crippen LogP contribution in [-0.4, -0.2) is 49.6 Å². The number of halogens is 1. The predicted octanol–water partition coefficient (Wildman–Crippen LogP) is 3.29. The second-order valence-corrected chi connectivity index (χ2v) is 6.60. The number of carbonyl (C=O) groups is 2. The molecule has 1 fully saturated rings. The Kier molecular flexibility index (Phi) is 5.96. The highest BCUT2D eigenvalue weighted by Crippen LogP contribution is 2.41. The lowest BCUT2D eigenvalue weighted by molar-refractivity contribution is -0.139. The van der Waals surface area contributed by atoms with E-state index in [-0.39, 0.29) is 16.9 Å². The second kappa shape index (κ2) is 8.44. The van der Waals surface area contributed by atoms with Gasteiger partial charge in [-0.3, -0.25) is 9.59 Å². The van der Waals surface area contributed by atoms with Crippen LogP contribution in [0.4, 0.5) is 4.39 Å². The third-order valence-corrected chi connectivity index (χ3v) is 4.90. The van der Waals surface area contributed by atoms with Gasteiger partial charge >= 0.3 is 0 Å². The Labute approximate surface area is 173 Å². The Bertz CT molecular complexity index is 1030. The van der Waals surface area contributed by atoms with Gasteiger partial charge in [-0.2, -0.15) is 0 Å². The minimum atomic E-state index is -0.875. The van der Waals surface area contributed by atoms with E-state index >= 15 is 0 Å². The number of benzene rings is 2. The van der Waals surface area contributed by atoms with Crippen molar-refractivity contribution >= 4 is 17.4 Å². The lowest BCUT2D eigenvalue weighted by Crippen LogP contribution is -2.24. The Morgan fingerprint density at radius 1 is 1.07 bits per heavy atom. The average molecular weight is 415 g/mol. The zero-order chi connectivity index (χ0) is 22.0. The summed E-state index contributed by atoms with van der Waals surface area (Å²) in [6, 6.07) is 7.91. The van der Waals surface area contributed by atoms with Crippen molar-refractivity contribution in [2.45, 2.75) is 13.0 Å². The quantitative estimate of drug-likeness (QED) is 0.443. The maximum absolute atomic E-state index is 14.1. The molecule has 1 heterocycles. The molecule has 1 N–H and O–H groups in total. The molecule has 0 aliphatic carbocycles. The number of likely N-dealkylation sites (N-methyl/N-ethyl adjacent to an activating group) is 1. The Morgan fingerprint density at radius 3 is 2.33 bits per heavy atom. The molecule has 2 aromatic rings. The zero-order valence-electron chi connectivity index (χ0n) is 17.1. The maximum Gasteiger partial charge on any atom is 0.295 e. The van der Waals surface area contributed by atoms with E-state index < -0.39 is 29.3 Å². The maximum atomic E-state index is 14.1. The summed E-state index contributed by atoms with van der Waals surface area (Å²) < 4.78 is 29.9. The van der Waals surface area contributed by atoms with Crippen molar-refractivity contribution in [3.05, 3.63) is 58.9 Å². The molecule has 8 heteroatoms. The van der Waals surface area contributed by atoms with Gasteiger partial charge in [0.25, 0.3) is 11.7 Å². The summed E-state index contributed by atoms with van der Waals surface area (Å²) in [7, 11) is 4.26. The average Bonchev–Trinajstić information content (AvgIpc) is 2.97. The topological polar surface area (TPSA) is 85.3 Å². The van der Waals surface area contributed by atoms with Gasteiger partial charge in [0.05, 0.1) is 32.4 Å². The van der Waals surface area contributed by atoms with Crippen LogP contribution in [0, 0.1) is 5.82 Å². The van der Waals surface area contributed by atoms with Crippen molar-refractivity contribution in [3.63, 3.8) is 0 Å². The summed E-state index contributed by atoms with van der Waals surface area (Å²) in [6.07, 6.45) is 0. The molecule has 1 amide bonds. The van der Waals surface area contributed by atoms with Crippen LogP contribution in [0.3, 0.4) is 0 Å². The van der Waals surface area contributed by atoms with Gasteiger partial charge in [0.2, 0.25) is 0 Å². The summed E-state index contributed by atoms with van der Waals surface area (Å²) in [5.74, 6) is -1.88. The first-order valence-electron chi connectivity index (χ1n) is 9.23. The molecule has 0 bridgehead atoms. The van der Waals surface area contributed by atoms with Gasteiger partial charge in [0.15, 0.2) is 23.1 Å². The zero-order valence-corrected chi connectivity index (χ0v) is 17.1. The van der Waals surface area contributed by atoms with Crippen molar-refractivity contribution in [3.8, 4) is 17.2 Å². The number of nitrogens with zero attached hydrogens (tertiary/aromatic N) is 1. The van der Waals surface area contributed by atoms with E-state index in [1.807, 2.05) is 6.92 Å². The van der Waals surface area contributed by atoms with E-state index in [1.165, 1.54) is 38.3 Å². The molecule has 0 saturated carbocycles. The summed E-state index contributed by atoms with van der Waals surface area (Å²) in [6.45, 7) is 2.27. The molecule has 2 aromatic carbocycles. The van der Waals surface area contributed by atoms with Crippen molar-refractivity contribution in [2.75, 3.05) is 27.9 Å². The summed E-state index contributed by atoms with van der Waals surface area (Å²) in [5.41, 5.74) is 0.452. The fraction of sp³-hybridized carbons (Fsp3) is 0.273. The highest BCUT2D eigenvalue weighted by molar-refractivity contribution is 6.46. The number of ketones is 1. The molecule has 30 heavy (non-hydrogen) atoms. The van der Waals surface area contributed by atoms with E-state index in [1.54, 1.807) is 18.2 Å². The van der Waals surface area contributed by atoms with Gasteiger partial charge in [-0.25, -0.2) is 4.39 Å². The molecule has 0 aromatic heterocycles. The number of hydrogen-bond acceptors (Lipinski definition) is 6. The molecular formula is C22H22FNO6. The van der Waals surface area contributed by atoms with Gasteiger partial charge < -0.3 is 24.2 Å². The third-order valence-electron chi connectivity index (χ3n) is 4.90. The highest BCUT2D eigenvalue weighted by Gasteiger charge is 2.44. The number of likely N-dealkylation sites (tertiary alicyclic amines) is 1. The molecule has 1 unspecified atom stereocenters. The molecular weight excluding hydrogens is 393 g/mol. The number of aliphatic hydroxyl groups excluding tert-OH is 1. The van der Waals surface area contributed by atoms with E-state index in [9.17, 15) is 19.1 Å². The largest absolute Gasteiger partial charge is 0.507 e. The molecule has 7 nitrogen and oxygen atoms in total. The van der Waals surface area contributed by atoms with Gasteiger partial charge in [0.1, 0.15) is 5.76 Å². The van der Waals surface area contributed by atoms with E-state index in [0.29, 0.717) is 23.7 Å². The Balaban J connectivity index is 2.15. The predicted molar refractivity (Wildman–Crippen MR) is 107 cm³/mol. The fourth-order valence-corrected chi connectivity index (χ4v) is 3.44. The number of amides is 1. The highest BCUT2D eigenvalue weighted by atomic mass is 19.1. The fourth-order valence-electron chi connectivity index (χ4n) is 3.44. The number of carbonyl (C=O) groups excluding carboxylic acids is 2. The Hall–Kier alpha value is -3.55. The van der Waals surface area contributed by atoms with Crippen LogP contribution >= 0.6 is 0 Å². The molecule has 3 rings (SSSR count).